The van der Waals surface area contributed by atoms with Gasteiger partial charge in [-0.05, 0) is 43.2 Å². The average molecular weight is 474 g/mol. The highest BCUT2D eigenvalue weighted by Crippen LogP contribution is 2.29. The van der Waals surface area contributed by atoms with E-state index < -0.39 is 12.1 Å². The number of carbonyl (C=O) groups is 3. The summed E-state index contributed by atoms with van der Waals surface area (Å²) in [6.45, 7) is 2.92. The molecule has 34 heavy (non-hydrogen) atoms. The monoisotopic (exact) mass is 473 g/mol. The van der Waals surface area contributed by atoms with Crippen LogP contribution in [0, 0.1) is 5.92 Å². The standard InChI is InChI=1S/C24H35N5O5/c1-2-34-21(30)16-25-22(19-6-4-3-5-7-19)24(32)29-13-12-20(29)23(31)26-14-17-8-10-18(11-9-17)15-27-28-33/h8-11,15,19-20,22,25,28,33H,2-7,12-14,16H2,1H3,(H,26,31)/b27-15+/t20-,22-/m1/s1. The molecule has 2 atom stereocenters. The Balaban J connectivity index is 1.56. The Morgan fingerprint density at radius 3 is 2.53 bits per heavy atom. The molecule has 186 valence electrons. The van der Waals surface area contributed by atoms with Gasteiger partial charge in [-0.25, -0.2) is 0 Å². The summed E-state index contributed by atoms with van der Waals surface area (Å²) in [6.07, 6.45) is 7.27. The summed E-state index contributed by atoms with van der Waals surface area (Å²) in [6, 6.07) is 6.40. The molecule has 1 aromatic carbocycles. The van der Waals surface area contributed by atoms with Gasteiger partial charge in [-0.2, -0.15) is 10.7 Å². The summed E-state index contributed by atoms with van der Waals surface area (Å²) in [7, 11) is 0. The van der Waals surface area contributed by atoms with E-state index in [-0.39, 0.29) is 30.2 Å². The van der Waals surface area contributed by atoms with E-state index >= 15 is 0 Å². The number of carbonyl (C=O) groups excluding carboxylic acids is 3. The maximum Gasteiger partial charge on any atom is 0.319 e. The van der Waals surface area contributed by atoms with Crippen LogP contribution in [0.25, 0.3) is 0 Å². The molecule has 0 aromatic heterocycles. The second-order valence-electron chi connectivity index (χ2n) is 8.72. The molecule has 10 nitrogen and oxygen atoms in total. The first kappa shape index (κ1) is 25.6. The maximum atomic E-state index is 13.4. The van der Waals surface area contributed by atoms with E-state index in [0.29, 0.717) is 26.1 Å². The van der Waals surface area contributed by atoms with Crippen molar-refractivity contribution in [2.75, 3.05) is 19.7 Å². The zero-order valence-corrected chi connectivity index (χ0v) is 19.7. The van der Waals surface area contributed by atoms with E-state index in [1.165, 1.54) is 6.21 Å². The molecule has 0 unspecified atom stereocenters. The van der Waals surface area contributed by atoms with Crippen LogP contribution >= 0.6 is 0 Å². The van der Waals surface area contributed by atoms with E-state index in [2.05, 4.69) is 15.7 Å². The smallest absolute Gasteiger partial charge is 0.319 e. The third kappa shape index (κ3) is 7.01. The molecule has 10 heteroatoms. The fourth-order valence-electron chi connectivity index (χ4n) is 4.56. The van der Waals surface area contributed by atoms with Crippen molar-refractivity contribution in [3.8, 4) is 0 Å². The summed E-state index contributed by atoms with van der Waals surface area (Å²) in [4.78, 5) is 39.7. The molecule has 3 rings (SSSR count). The number of nitrogens with one attached hydrogen (secondary N) is 3. The number of rotatable bonds is 11. The Morgan fingerprint density at radius 2 is 1.91 bits per heavy atom. The molecule has 2 amide bonds. The van der Waals surface area contributed by atoms with Crippen molar-refractivity contribution in [3.63, 3.8) is 0 Å². The largest absolute Gasteiger partial charge is 0.465 e. The fourth-order valence-corrected chi connectivity index (χ4v) is 4.56. The number of benzene rings is 1. The first-order chi connectivity index (χ1) is 16.5. The Labute approximate surface area is 200 Å². The van der Waals surface area contributed by atoms with Crippen LogP contribution in [-0.4, -0.2) is 65.9 Å². The van der Waals surface area contributed by atoms with Crippen LogP contribution in [0.4, 0.5) is 0 Å². The molecule has 0 radical (unpaired) electrons. The molecule has 1 saturated carbocycles. The molecule has 4 N–H and O–H groups in total. The minimum atomic E-state index is -0.495. The van der Waals surface area contributed by atoms with Gasteiger partial charge in [0.2, 0.25) is 11.8 Å². The van der Waals surface area contributed by atoms with Gasteiger partial charge in [0.05, 0.1) is 25.4 Å². The normalized spacial score (nSPS) is 19.4. The van der Waals surface area contributed by atoms with Crippen molar-refractivity contribution in [2.24, 2.45) is 11.0 Å². The lowest BCUT2D eigenvalue weighted by molar-refractivity contribution is -0.151. The molecule has 1 heterocycles. The highest BCUT2D eigenvalue weighted by atomic mass is 16.5. The predicted molar refractivity (Wildman–Crippen MR) is 126 cm³/mol. The number of likely N-dealkylation sites (tertiary alicyclic amines) is 1. The minimum Gasteiger partial charge on any atom is -0.465 e. The fraction of sp³-hybridized carbons (Fsp3) is 0.583. The molecule has 1 aliphatic carbocycles. The summed E-state index contributed by atoms with van der Waals surface area (Å²) >= 11 is 0. The summed E-state index contributed by atoms with van der Waals surface area (Å²) in [5, 5.41) is 18.1. The van der Waals surface area contributed by atoms with Crippen molar-refractivity contribution >= 4 is 24.0 Å². The van der Waals surface area contributed by atoms with Crippen molar-refractivity contribution < 1.29 is 24.3 Å². The van der Waals surface area contributed by atoms with Gasteiger partial charge in [0.1, 0.15) is 6.04 Å². The highest BCUT2D eigenvalue weighted by molar-refractivity contribution is 5.91. The lowest BCUT2D eigenvalue weighted by Crippen LogP contribution is -2.63. The second kappa shape index (κ2) is 13.0. The number of amides is 2. The zero-order valence-electron chi connectivity index (χ0n) is 19.7. The van der Waals surface area contributed by atoms with Gasteiger partial charge in [-0.1, -0.05) is 43.5 Å². The quantitative estimate of drug-likeness (QED) is 0.216. The van der Waals surface area contributed by atoms with Crippen LogP contribution in [0.15, 0.2) is 29.4 Å². The van der Waals surface area contributed by atoms with E-state index in [1.807, 2.05) is 24.3 Å². The van der Waals surface area contributed by atoms with Gasteiger partial charge in [0, 0.05) is 13.1 Å². The predicted octanol–water partition coefficient (Wildman–Crippen LogP) is 1.32. The molecule has 1 aliphatic heterocycles. The molecule has 2 fully saturated rings. The van der Waals surface area contributed by atoms with E-state index in [1.54, 1.807) is 17.4 Å². The van der Waals surface area contributed by atoms with Gasteiger partial charge in [0.15, 0.2) is 0 Å². The molecule has 0 spiro atoms. The third-order valence-corrected chi connectivity index (χ3v) is 6.48. The molecule has 0 bridgehead atoms. The van der Waals surface area contributed by atoms with Gasteiger partial charge in [0.25, 0.3) is 0 Å². The van der Waals surface area contributed by atoms with Crippen molar-refractivity contribution in [1.82, 2.24) is 21.1 Å². The first-order valence-electron chi connectivity index (χ1n) is 12.0. The van der Waals surface area contributed by atoms with Crippen molar-refractivity contribution in [3.05, 3.63) is 35.4 Å². The number of hydrazone groups is 1. The summed E-state index contributed by atoms with van der Waals surface area (Å²) < 4.78 is 5.01. The van der Waals surface area contributed by atoms with Crippen LogP contribution < -0.4 is 16.2 Å². The number of ether oxygens (including phenoxy) is 1. The van der Waals surface area contributed by atoms with Crippen LogP contribution in [0.1, 0.15) is 56.6 Å². The topological polar surface area (TPSA) is 132 Å². The van der Waals surface area contributed by atoms with Gasteiger partial charge in [-0.15, -0.1) is 0 Å². The molecule has 2 aliphatic rings. The summed E-state index contributed by atoms with van der Waals surface area (Å²) in [5.74, 6) is -0.506. The molecular weight excluding hydrogens is 438 g/mol. The Morgan fingerprint density at radius 1 is 1.18 bits per heavy atom. The lowest BCUT2D eigenvalue weighted by Gasteiger charge is -2.43. The lowest BCUT2D eigenvalue weighted by atomic mass is 9.82. The van der Waals surface area contributed by atoms with E-state index in [4.69, 9.17) is 9.94 Å². The molecular formula is C24H35N5O5. The Bertz CT molecular complexity index is 854. The van der Waals surface area contributed by atoms with Crippen LogP contribution in [-0.2, 0) is 25.7 Å². The Kier molecular flexibility index (Phi) is 9.84. The number of esters is 1. The van der Waals surface area contributed by atoms with Crippen molar-refractivity contribution in [1.29, 1.82) is 0 Å². The second-order valence-corrected chi connectivity index (χ2v) is 8.72. The SMILES string of the molecule is CCOC(=O)CN[C@@H](C(=O)N1CC[C@@H]1C(=O)NCc1ccc(/C=N/NO)cc1)C1CCCCC1. The van der Waals surface area contributed by atoms with E-state index in [9.17, 15) is 14.4 Å². The van der Waals surface area contributed by atoms with Crippen LogP contribution in [0.3, 0.4) is 0 Å². The average Bonchev–Trinajstić information content (AvgIpc) is 2.82. The highest BCUT2D eigenvalue weighted by Gasteiger charge is 2.42. The number of hydrogen-bond donors (Lipinski definition) is 4. The van der Waals surface area contributed by atoms with Crippen molar-refractivity contribution in [2.45, 2.75) is 64.1 Å². The summed E-state index contributed by atoms with van der Waals surface area (Å²) in [5.41, 5.74) is 3.43. The van der Waals surface area contributed by atoms with Gasteiger partial charge >= 0.3 is 5.97 Å². The number of hydrogen-bond acceptors (Lipinski definition) is 8. The first-order valence-corrected chi connectivity index (χ1v) is 12.0. The van der Waals surface area contributed by atoms with Crippen LogP contribution in [0.5, 0.6) is 0 Å². The van der Waals surface area contributed by atoms with Gasteiger partial charge < -0.3 is 15.0 Å². The van der Waals surface area contributed by atoms with Gasteiger partial charge in [-0.3, -0.25) is 24.9 Å². The third-order valence-electron chi connectivity index (χ3n) is 6.48. The van der Waals surface area contributed by atoms with Crippen LogP contribution in [0.2, 0.25) is 0 Å². The zero-order chi connectivity index (χ0) is 24.3. The Hall–Kier alpha value is -2.98. The maximum absolute atomic E-state index is 13.4. The molecule has 1 aromatic rings. The minimum absolute atomic E-state index is 0.0134. The van der Waals surface area contributed by atoms with E-state index in [0.717, 1.165) is 43.2 Å². The number of nitrogens with zero attached hydrogens (tertiary/aromatic N) is 2. The molecule has 1 saturated heterocycles.